The number of carbonyl (C=O) groups is 2. The van der Waals surface area contributed by atoms with Crippen LogP contribution >= 0.6 is 11.3 Å². The van der Waals surface area contributed by atoms with E-state index in [1.807, 2.05) is 0 Å². The lowest BCUT2D eigenvalue weighted by molar-refractivity contribution is -0.136. The average Bonchev–Trinajstić information content (AvgIpc) is 2.63. The number of rotatable bonds is 2. The van der Waals surface area contributed by atoms with Crippen molar-refractivity contribution >= 4 is 23.3 Å². The molecule has 0 fully saturated rings. The molecular weight excluding hydrogens is 216 g/mol. The van der Waals surface area contributed by atoms with Crippen molar-refractivity contribution in [2.45, 2.75) is 6.92 Å². The largest absolute Gasteiger partial charge is 0.478 e. The smallest absolute Gasteiger partial charge is 0.384 e. The summed E-state index contributed by atoms with van der Waals surface area (Å²) < 4.78 is 4.58. The van der Waals surface area contributed by atoms with Crippen molar-refractivity contribution in [3.05, 3.63) is 21.9 Å². The van der Waals surface area contributed by atoms with Crippen molar-refractivity contribution < 1.29 is 19.4 Å². The van der Waals surface area contributed by atoms with Crippen molar-refractivity contribution in [3.63, 3.8) is 0 Å². The maximum absolute atomic E-state index is 10.9. The van der Waals surface area contributed by atoms with Crippen LogP contribution in [0.5, 0.6) is 0 Å². The molecule has 1 rings (SSSR count). The molecule has 0 aliphatic heterocycles. The van der Waals surface area contributed by atoms with E-state index < -0.39 is 11.9 Å². The van der Waals surface area contributed by atoms with Crippen LogP contribution in [0.4, 0.5) is 0 Å². The van der Waals surface area contributed by atoms with Gasteiger partial charge in [0.15, 0.2) is 0 Å². The normalized spacial score (nSPS) is 8.87. The predicted molar refractivity (Wildman–Crippen MR) is 54.8 cm³/mol. The highest BCUT2D eigenvalue weighted by Crippen LogP contribution is 2.13. The SMILES string of the molecule is CCOC(=O)C#Cc1cscc1C(=O)O. The van der Waals surface area contributed by atoms with Gasteiger partial charge in [-0.1, -0.05) is 5.92 Å². The molecule has 0 aliphatic rings. The first-order valence-corrected chi connectivity index (χ1v) is 5.07. The highest BCUT2D eigenvalue weighted by atomic mass is 32.1. The summed E-state index contributed by atoms with van der Waals surface area (Å²) in [4.78, 5) is 21.6. The first-order chi connectivity index (χ1) is 7.15. The van der Waals surface area contributed by atoms with Crippen LogP contribution < -0.4 is 0 Å². The van der Waals surface area contributed by atoms with Crippen molar-refractivity contribution in [2.75, 3.05) is 6.61 Å². The topological polar surface area (TPSA) is 63.6 Å². The molecule has 0 unspecified atom stereocenters. The van der Waals surface area contributed by atoms with Crippen LogP contribution in [-0.2, 0) is 9.53 Å². The van der Waals surface area contributed by atoms with E-state index in [9.17, 15) is 9.59 Å². The lowest BCUT2D eigenvalue weighted by atomic mass is 10.2. The predicted octanol–water partition coefficient (Wildman–Crippen LogP) is 1.36. The van der Waals surface area contributed by atoms with E-state index in [0.717, 1.165) is 0 Å². The second-order valence-corrected chi connectivity index (χ2v) is 3.22. The van der Waals surface area contributed by atoms with Crippen molar-refractivity contribution in [2.24, 2.45) is 0 Å². The van der Waals surface area contributed by atoms with Gasteiger partial charge in [0.25, 0.3) is 0 Å². The van der Waals surface area contributed by atoms with Crippen LogP contribution in [0.1, 0.15) is 22.8 Å². The Morgan fingerprint density at radius 2 is 2.27 bits per heavy atom. The first-order valence-electron chi connectivity index (χ1n) is 4.13. The number of esters is 1. The van der Waals surface area contributed by atoms with Crippen molar-refractivity contribution in [1.82, 2.24) is 0 Å². The lowest BCUT2D eigenvalue weighted by Crippen LogP contribution is -2.00. The molecule has 1 heterocycles. The maximum Gasteiger partial charge on any atom is 0.384 e. The van der Waals surface area contributed by atoms with Gasteiger partial charge in [0, 0.05) is 16.7 Å². The molecule has 1 aromatic heterocycles. The third-order valence-electron chi connectivity index (χ3n) is 1.47. The molecular formula is C10H8O4S. The van der Waals surface area contributed by atoms with Gasteiger partial charge >= 0.3 is 11.9 Å². The van der Waals surface area contributed by atoms with Crippen molar-refractivity contribution in [3.8, 4) is 11.8 Å². The summed E-state index contributed by atoms with van der Waals surface area (Å²) in [7, 11) is 0. The third kappa shape index (κ3) is 3.11. The van der Waals surface area contributed by atoms with Gasteiger partial charge in [-0.25, -0.2) is 9.59 Å². The molecule has 0 saturated carbocycles. The molecule has 0 aliphatic carbocycles. The summed E-state index contributed by atoms with van der Waals surface area (Å²) in [5, 5.41) is 11.8. The fraction of sp³-hybridized carbons (Fsp3) is 0.200. The standard InChI is InChI=1S/C10H8O4S/c1-2-14-9(11)4-3-7-5-15-6-8(7)10(12)13/h5-6H,2H2,1H3,(H,12,13). The maximum atomic E-state index is 10.9. The Balaban J connectivity index is 2.84. The van der Waals surface area contributed by atoms with Crippen LogP contribution in [0.3, 0.4) is 0 Å². The molecule has 1 N–H and O–H groups in total. The Morgan fingerprint density at radius 3 is 2.87 bits per heavy atom. The summed E-state index contributed by atoms with van der Waals surface area (Å²) in [5.41, 5.74) is 0.442. The molecule has 78 valence electrons. The number of hydrogen-bond acceptors (Lipinski definition) is 4. The van der Waals surface area contributed by atoms with Gasteiger partial charge < -0.3 is 9.84 Å². The second kappa shape index (κ2) is 5.17. The van der Waals surface area contributed by atoms with Gasteiger partial charge in [0.05, 0.1) is 17.7 Å². The minimum atomic E-state index is -1.05. The zero-order chi connectivity index (χ0) is 11.3. The average molecular weight is 224 g/mol. The molecule has 15 heavy (non-hydrogen) atoms. The van der Waals surface area contributed by atoms with E-state index in [0.29, 0.717) is 5.56 Å². The van der Waals surface area contributed by atoms with Gasteiger partial charge in [0.2, 0.25) is 0 Å². The number of carboxylic acid groups (broad SMARTS) is 1. The minimum absolute atomic E-state index is 0.108. The van der Waals surface area contributed by atoms with E-state index in [-0.39, 0.29) is 12.2 Å². The molecule has 0 amide bonds. The van der Waals surface area contributed by atoms with Gasteiger partial charge in [0.1, 0.15) is 0 Å². The fourth-order valence-corrected chi connectivity index (χ4v) is 1.60. The highest BCUT2D eigenvalue weighted by Gasteiger charge is 2.08. The van der Waals surface area contributed by atoms with E-state index in [1.165, 1.54) is 16.7 Å². The molecule has 0 atom stereocenters. The number of aromatic carboxylic acids is 1. The number of hydrogen-bond donors (Lipinski definition) is 1. The third-order valence-corrected chi connectivity index (χ3v) is 2.21. The fourth-order valence-electron chi connectivity index (χ4n) is 0.845. The van der Waals surface area contributed by atoms with Gasteiger partial charge in [-0.3, -0.25) is 0 Å². The monoisotopic (exact) mass is 224 g/mol. The summed E-state index contributed by atoms with van der Waals surface area (Å²) in [6, 6.07) is 0. The Bertz CT molecular complexity index is 436. The molecule has 4 nitrogen and oxygen atoms in total. The van der Waals surface area contributed by atoms with E-state index in [2.05, 4.69) is 16.6 Å². The van der Waals surface area contributed by atoms with E-state index in [1.54, 1.807) is 12.3 Å². The van der Waals surface area contributed by atoms with E-state index >= 15 is 0 Å². The molecule has 0 bridgehead atoms. The van der Waals surface area contributed by atoms with Crippen LogP contribution in [0.2, 0.25) is 0 Å². The van der Waals surface area contributed by atoms with Gasteiger partial charge in [-0.05, 0) is 6.92 Å². The van der Waals surface area contributed by atoms with Crippen molar-refractivity contribution in [1.29, 1.82) is 0 Å². The van der Waals surface area contributed by atoms with Gasteiger partial charge in [-0.15, -0.1) is 0 Å². The van der Waals surface area contributed by atoms with E-state index in [4.69, 9.17) is 5.11 Å². The minimum Gasteiger partial charge on any atom is -0.478 e. The highest BCUT2D eigenvalue weighted by molar-refractivity contribution is 7.08. The first kappa shape index (κ1) is 11.3. The Morgan fingerprint density at radius 1 is 1.53 bits per heavy atom. The zero-order valence-corrected chi connectivity index (χ0v) is 8.76. The second-order valence-electron chi connectivity index (χ2n) is 2.47. The summed E-state index contributed by atoms with van der Waals surface area (Å²) in [6.07, 6.45) is 0. The van der Waals surface area contributed by atoms with Gasteiger partial charge in [-0.2, -0.15) is 11.3 Å². The van der Waals surface area contributed by atoms with Crippen LogP contribution in [0.25, 0.3) is 0 Å². The summed E-state index contributed by atoms with van der Waals surface area (Å²) in [6.45, 7) is 1.93. The molecule has 0 spiro atoms. The van der Waals surface area contributed by atoms with Crippen LogP contribution in [0, 0.1) is 11.8 Å². The lowest BCUT2D eigenvalue weighted by Gasteiger charge is -1.91. The Labute approximate surface area is 90.5 Å². The number of carboxylic acids is 1. The Hall–Kier alpha value is -1.80. The van der Waals surface area contributed by atoms with Crippen LogP contribution in [0.15, 0.2) is 10.8 Å². The number of carbonyl (C=O) groups excluding carboxylic acids is 1. The number of thiophene rings is 1. The molecule has 0 aromatic carbocycles. The van der Waals surface area contributed by atoms with Crippen LogP contribution in [-0.4, -0.2) is 23.7 Å². The quantitative estimate of drug-likeness (QED) is 0.608. The number of ether oxygens (including phenoxy) is 1. The molecule has 1 aromatic rings. The molecule has 0 saturated heterocycles. The Kier molecular flexibility index (Phi) is 3.89. The molecule has 0 radical (unpaired) electrons. The summed E-state index contributed by atoms with van der Waals surface area (Å²) in [5.74, 6) is 2.97. The summed E-state index contributed by atoms with van der Waals surface area (Å²) >= 11 is 1.22. The zero-order valence-electron chi connectivity index (χ0n) is 7.94. The molecule has 5 heteroatoms.